The SMILES string of the molecule is NNC(=O)CCc1cc(Cl)c(OCc2cccc(Br)c2)c(Br)c1. The first-order valence-electron chi connectivity index (χ1n) is 6.84. The molecule has 0 fully saturated rings. The van der Waals surface area contributed by atoms with E-state index in [1.54, 1.807) is 6.07 Å². The number of nitrogens with two attached hydrogens (primary N) is 1. The molecule has 0 saturated heterocycles. The predicted octanol–water partition coefficient (Wildman–Crippen LogP) is 4.37. The molecule has 0 spiro atoms. The van der Waals surface area contributed by atoms with Crippen LogP contribution in [0.3, 0.4) is 0 Å². The number of hydrogen-bond acceptors (Lipinski definition) is 3. The number of carbonyl (C=O) groups excluding carboxylic acids is 1. The largest absolute Gasteiger partial charge is 0.486 e. The molecule has 23 heavy (non-hydrogen) atoms. The van der Waals surface area contributed by atoms with E-state index in [1.165, 1.54) is 0 Å². The fourth-order valence-corrected chi connectivity index (χ4v) is 3.49. The zero-order valence-corrected chi connectivity index (χ0v) is 16.0. The van der Waals surface area contributed by atoms with Gasteiger partial charge in [0.1, 0.15) is 6.61 Å². The highest BCUT2D eigenvalue weighted by molar-refractivity contribution is 9.10. The van der Waals surface area contributed by atoms with Crippen molar-refractivity contribution in [1.29, 1.82) is 0 Å². The van der Waals surface area contributed by atoms with Crippen molar-refractivity contribution in [2.75, 3.05) is 0 Å². The highest BCUT2D eigenvalue weighted by Crippen LogP contribution is 2.35. The van der Waals surface area contributed by atoms with E-state index >= 15 is 0 Å². The Hall–Kier alpha value is -1.08. The summed E-state index contributed by atoms with van der Waals surface area (Å²) < 4.78 is 7.56. The molecule has 0 unspecified atom stereocenters. The Labute approximate surface area is 156 Å². The van der Waals surface area contributed by atoms with E-state index < -0.39 is 0 Å². The van der Waals surface area contributed by atoms with Gasteiger partial charge in [-0.1, -0.05) is 39.7 Å². The number of nitrogens with one attached hydrogen (secondary N) is 1. The fourth-order valence-electron chi connectivity index (χ4n) is 2.01. The Morgan fingerprint density at radius 2 is 2.00 bits per heavy atom. The lowest BCUT2D eigenvalue weighted by molar-refractivity contribution is -0.121. The van der Waals surface area contributed by atoms with Crippen LogP contribution in [0.25, 0.3) is 0 Å². The van der Waals surface area contributed by atoms with Crippen molar-refractivity contribution in [2.24, 2.45) is 5.84 Å². The quantitative estimate of drug-likeness (QED) is 0.381. The molecule has 2 rings (SSSR count). The fraction of sp³-hybridized carbons (Fsp3) is 0.188. The number of rotatable bonds is 6. The van der Waals surface area contributed by atoms with Crippen LogP contribution in [0, 0.1) is 0 Å². The molecule has 0 bridgehead atoms. The lowest BCUT2D eigenvalue weighted by Crippen LogP contribution is -2.30. The summed E-state index contributed by atoms with van der Waals surface area (Å²) in [5.41, 5.74) is 4.07. The number of hydrazine groups is 1. The molecule has 4 nitrogen and oxygen atoms in total. The van der Waals surface area contributed by atoms with Crippen molar-refractivity contribution in [3.8, 4) is 5.75 Å². The van der Waals surface area contributed by atoms with Gasteiger partial charge in [-0.25, -0.2) is 5.84 Å². The number of hydrogen-bond donors (Lipinski definition) is 2. The van der Waals surface area contributed by atoms with Gasteiger partial charge < -0.3 is 4.74 Å². The Bertz CT molecular complexity index is 687. The van der Waals surface area contributed by atoms with Gasteiger partial charge in [0.25, 0.3) is 0 Å². The minimum Gasteiger partial charge on any atom is -0.486 e. The maximum atomic E-state index is 11.2. The number of halogens is 3. The molecular weight excluding hydrogens is 447 g/mol. The topological polar surface area (TPSA) is 64.3 Å². The molecule has 122 valence electrons. The monoisotopic (exact) mass is 460 g/mol. The van der Waals surface area contributed by atoms with Crippen LogP contribution in [-0.2, 0) is 17.8 Å². The smallest absolute Gasteiger partial charge is 0.234 e. The van der Waals surface area contributed by atoms with Crippen molar-refractivity contribution in [1.82, 2.24) is 5.43 Å². The predicted molar refractivity (Wildman–Crippen MR) is 98.3 cm³/mol. The summed E-state index contributed by atoms with van der Waals surface area (Å²) in [6, 6.07) is 11.6. The Kier molecular flexibility index (Phi) is 6.89. The molecule has 2 aromatic rings. The van der Waals surface area contributed by atoms with Crippen LogP contribution in [0.4, 0.5) is 0 Å². The minimum absolute atomic E-state index is 0.216. The van der Waals surface area contributed by atoms with Crippen molar-refractivity contribution in [2.45, 2.75) is 19.4 Å². The van der Waals surface area contributed by atoms with Gasteiger partial charge in [0, 0.05) is 10.9 Å². The normalized spacial score (nSPS) is 10.4. The number of benzene rings is 2. The number of carbonyl (C=O) groups is 1. The highest BCUT2D eigenvalue weighted by Gasteiger charge is 2.11. The summed E-state index contributed by atoms with van der Waals surface area (Å²) in [5.74, 6) is 5.43. The maximum Gasteiger partial charge on any atom is 0.234 e. The van der Waals surface area contributed by atoms with Crippen LogP contribution >= 0.6 is 43.5 Å². The minimum atomic E-state index is -0.216. The van der Waals surface area contributed by atoms with Gasteiger partial charge in [0.05, 0.1) is 9.50 Å². The summed E-state index contributed by atoms with van der Waals surface area (Å²) in [4.78, 5) is 11.2. The number of amides is 1. The van der Waals surface area contributed by atoms with Crippen molar-refractivity contribution < 1.29 is 9.53 Å². The van der Waals surface area contributed by atoms with Gasteiger partial charge in [-0.3, -0.25) is 10.2 Å². The molecule has 0 radical (unpaired) electrons. The second kappa shape index (κ2) is 8.68. The summed E-state index contributed by atoms with van der Waals surface area (Å²) in [5, 5.41) is 0.498. The van der Waals surface area contributed by atoms with Crippen LogP contribution < -0.4 is 16.0 Å². The lowest BCUT2D eigenvalue weighted by atomic mass is 10.1. The van der Waals surface area contributed by atoms with Gasteiger partial charge in [0.15, 0.2) is 5.75 Å². The van der Waals surface area contributed by atoms with E-state index in [2.05, 4.69) is 37.3 Å². The van der Waals surface area contributed by atoms with Crippen LogP contribution in [0.1, 0.15) is 17.5 Å². The van der Waals surface area contributed by atoms with Gasteiger partial charge >= 0.3 is 0 Å². The van der Waals surface area contributed by atoms with Gasteiger partial charge in [-0.05, 0) is 57.7 Å². The summed E-state index contributed by atoms with van der Waals surface area (Å²) in [7, 11) is 0. The lowest BCUT2D eigenvalue weighted by Gasteiger charge is -2.12. The van der Waals surface area contributed by atoms with Gasteiger partial charge in [-0.2, -0.15) is 0 Å². The number of ether oxygens (including phenoxy) is 1. The average molecular weight is 463 g/mol. The molecule has 0 aromatic heterocycles. The van der Waals surface area contributed by atoms with E-state index in [1.807, 2.05) is 30.3 Å². The van der Waals surface area contributed by atoms with Crippen molar-refractivity contribution in [3.63, 3.8) is 0 Å². The van der Waals surface area contributed by atoms with Crippen LogP contribution in [0.5, 0.6) is 5.75 Å². The second-order valence-electron chi connectivity index (χ2n) is 4.87. The van der Waals surface area contributed by atoms with Crippen LogP contribution in [-0.4, -0.2) is 5.91 Å². The first-order chi connectivity index (χ1) is 11.0. The first kappa shape index (κ1) is 18.3. The molecule has 2 aromatic carbocycles. The van der Waals surface area contributed by atoms with Gasteiger partial charge in [0.2, 0.25) is 5.91 Å². The molecule has 7 heteroatoms. The molecule has 0 aliphatic heterocycles. The molecule has 0 aliphatic carbocycles. The van der Waals surface area contributed by atoms with Crippen molar-refractivity contribution >= 4 is 49.4 Å². The second-order valence-corrected chi connectivity index (χ2v) is 7.05. The zero-order chi connectivity index (χ0) is 16.8. The molecule has 3 N–H and O–H groups in total. The average Bonchev–Trinajstić information content (AvgIpc) is 2.51. The standard InChI is InChI=1S/C16H15Br2ClN2O2/c17-12-3-1-2-11(6-12)9-23-16-13(18)7-10(8-14(16)19)4-5-15(22)21-20/h1-3,6-8H,4-5,9,20H2,(H,21,22). The summed E-state index contributed by atoms with van der Waals surface area (Å²) in [6.45, 7) is 0.409. The number of aryl methyl sites for hydroxylation is 1. The van der Waals surface area contributed by atoms with Gasteiger partial charge in [-0.15, -0.1) is 0 Å². The Morgan fingerprint density at radius 1 is 1.22 bits per heavy atom. The molecular formula is C16H15Br2ClN2O2. The highest BCUT2D eigenvalue weighted by atomic mass is 79.9. The summed E-state index contributed by atoms with van der Waals surface area (Å²) >= 11 is 13.2. The Morgan fingerprint density at radius 3 is 2.65 bits per heavy atom. The van der Waals surface area contributed by atoms with E-state index in [0.29, 0.717) is 30.2 Å². The third kappa shape index (κ3) is 5.49. The Balaban J connectivity index is 2.06. The molecule has 1 amide bonds. The molecule has 0 atom stereocenters. The third-order valence-electron chi connectivity index (χ3n) is 3.13. The molecule has 0 saturated carbocycles. The van der Waals surface area contributed by atoms with E-state index in [0.717, 1.165) is 20.1 Å². The molecule has 0 heterocycles. The van der Waals surface area contributed by atoms with E-state index in [-0.39, 0.29) is 5.91 Å². The van der Waals surface area contributed by atoms with Crippen molar-refractivity contribution in [3.05, 3.63) is 61.5 Å². The van der Waals surface area contributed by atoms with Crippen LogP contribution in [0.2, 0.25) is 5.02 Å². The zero-order valence-electron chi connectivity index (χ0n) is 12.1. The van der Waals surface area contributed by atoms with E-state index in [4.69, 9.17) is 22.2 Å². The summed E-state index contributed by atoms with van der Waals surface area (Å²) in [6.07, 6.45) is 0.852. The molecule has 0 aliphatic rings. The van der Waals surface area contributed by atoms with E-state index in [9.17, 15) is 4.79 Å². The maximum absolute atomic E-state index is 11.2. The van der Waals surface area contributed by atoms with Crippen LogP contribution in [0.15, 0.2) is 45.3 Å². The first-order valence-corrected chi connectivity index (χ1v) is 8.80. The third-order valence-corrected chi connectivity index (χ3v) is 4.50.